The summed E-state index contributed by atoms with van der Waals surface area (Å²) >= 11 is 1.53. The molecular formula is C26H29N7O4S2. The molecule has 39 heavy (non-hydrogen) atoms. The van der Waals surface area contributed by atoms with Crippen molar-refractivity contribution in [3.05, 3.63) is 75.6 Å². The van der Waals surface area contributed by atoms with Crippen LogP contribution in [-0.4, -0.2) is 52.2 Å². The van der Waals surface area contributed by atoms with E-state index in [1.807, 2.05) is 42.6 Å². The second kappa shape index (κ2) is 10.5. The molecule has 3 aromatic heterocycles. The molecule has 0 bridgehead atoms. The molecule has 1 aliphatic heterocycles. The first-order valence-corrected chi connectivity index (χ1v) is 15.2. The number of benzene rings is 1. The number of aryl methyl sites for hydroxylation is 1. The number of nitrogens with two attached hydrogens (primary N) is 1. The number of pyridine rings is 1. The molecule has 4 aromatic rings. The third kappa shape index (κ3) is 6.15. The summed E-state index contributed by atoms with van der Waals surface area (Å²) in [5, 5.41) is 11.1. The topological polar surface area (TPSA) is 157 Å². The minimum atomic E-state index is -3.67. The van der Waals surface area contributed by atoms with Crippen LogP contribution >= 0.6 is 11.3 Å². The highest BCUT2D eigenvalue weighted by Crippen LogP contribution is 2.35. The number of carbonyl (C=O) groups excluding carboxylic acids is 1. The highest BCUT2D eigenvalue weighted by molar-refractivity contribution is 7.92. The largest absolute Gasteiger partial charge is 0.417 e. The quantitative estimate of drug-likeness (QED) is 0.324. The summed E-state index contributed by atoms with van der Waals surface area (Å²) in [6, 6.07) is 12.5. The number of anilines is 1. The van der Waals surface area contributed by atoms with Crippen molar-refractivity contribution in [2.75, 3.05) is 17.5 Å². The number of hydrogen-bond acceptors (Lipinski definition) is 10. The highest BCUT2D eigenvalue weighted by atomic mass is 32.2. The Kier molecular flexibility index (Phi) is 7.23. The highest BCUT2D eigenvalue weighted by Gasteiger charge is 2.34. The van der Waals surface area contributed by atoms with Crippen LogP contribution in [0.2, 0.25) is 0 Å². The van der Waals surface area contributed by atoms with E-state index in [1.165, 1.54) is 23.5 Å². The molecule has 11 nitrogen and oxygen atoms in total. The fourth-order valence-electron chi connectivity index (χ4n) is 4.62. The van der Waals surface area contributed by atoms with Gasteiger partial charge in [-0.3, -0.25) is 9.52 Å². The standard InChI is InChI=1S/C26H29N7O4S2/c1-16-15-38-23(28-16)20-10-7-11-33(20)24(34)18-12-19(29-21(13-18)32-39(3,35)36)22-30-31-25(37-22)26(2,27)14-17-8-5-4-6-9-17/h4-6,8-9,12-13,15,20H,7,10-11,14,27H2,1-3H3,(H,29,32)/t20?,26-/m1/s1. The third-order valence-electron chi connectivity index (χ3n) is 6.34. The predicted octanol–water partition coefficient (Wildman–Crippen LogP) is 3.66. The van der Waals surface area contributed by atoms with E-state index < -0.39 is 15.6 Å². The van der Waals surface area contributed by atoms with E-state index in [1.54, 1.807) is 11.8 Å². The molecule has 1 amide bonds. The molecule has 0 aliphatic carbocycles. The van der Waals surface area contributed by atoms with Gasteiger partial charge in [0.05, 0.1) is 17.8 Å². The van der Waals surface area contributed by atoms with Gasteiger partial charge in [-0.05, 0) is 50.8 Å². The number of nitrogens with one attached hydrogen (secondary N) is 1. The predicted molar refractivity (Wildman–Crippen MR) is 148 cm³/mol. The first kappa shape index (κ1) is 26.9. The van der Waals surface area contributed by atoms with Crippen molar-refractivity contribution in [3.8, 4) is 11.6 Å². The Morgan fingerprint density at radius 2 is 2.00 bits per heavy atom. The lowest BCUT2D eigenvalue weighted by atomic mass is 9.94. The van der Waals surface area contributed by atoms with Crippen LogP contribution in [0.3, 0.4) is 0 Å². The van der Waals surface area contributed by atoms with Gasteiger partial charge in [-0.1, -0.05) is 30.3 Å². The van der Waals surface area contributed by atoms with E-state index >= 15 is 0 Å². The smallest absolute Gasteiger partial charge is 0.266 e. The Morgan fingerprint density at radius 3 is 2.69 bits per heavy atom. The average molecular weight is 568 g/mol. The summed E-state index contributed by atoms with van der Waals surface area (Å²) in [4.78, 5) is 24.4. The molecular weight excluding hydrogens is 538 g/mol. The van der Waals surface area contributed by atoms with Crippen LogP contribution in [0, 0.1) is 6.92 Å². The Labute approximate surface area is 230 Å². The summed E-state index contributed by atoms with van der Waals surface area (Å²) in [5.74, 6) is -0.0810. The summed E-state index contributed by atoms with van der Waals surface area (Å²) < 4.78 is 32.3. The number of thiazole rings is 1. The molecule has 0 saturated carbocycles. The van der Waals surface area contributed by atoms with E-state index in [9.17, 15) is 13.2 Å². The van der Waals surface area contributed by atoms with Gasteiger partial charge in [-0.25, -0.2) is 18.4 Å². The normalized spacial score (nSPS) is 17.2. The first-order valence-electron chi connectivity index (χ1n) is 12.4. The Hall–Kier alpha value is -3.68. The summed E-state index contributed by atoms with van der Waals surface area (Å²) in [6.45, 7) is 4.27. The second-order valence-corrected chi connectivity index (χ2v) is 12.6. The van der Waals surface area contributed by atoms with Crippen LogP contribution in [0.15, 0.2) is 52.3 Å². The molecule has 0 radical (unpaired) electrons. The summed E-state index contributed by atoms with van der Waals surface area (Å²) in [5.41, 5.74) is 7.87. The van der Waals surface area contributed by atoms with E-state index in [0.717, 1.165) is 35.4 Å². The van der Waals surface area contributed by atoms with Crippen molar-refractivity contribution in [1.82, 2.24) is 25.1 Å². The fourth-order valence-corrected chi connectivity index (χ4v) is 6.04. The van der Waals surface area contributed by atoms with Gasteiger partial charge in [-0.15, -0.1) is 21.5 Å². The summed E-state index contributed by atoms with van der Waals surface area (Å²) in [6.07, 6.45) is 3.10. The monoisotopic (exact) mass is 567 g/mol. The maximum Gasteiger partial charge on any atom is 0.266 e. The molecule has 1 fully saturated rings. The van der Waals surface area contributed by atoms with Crippen LogP contribution in [-0.2, 0) is 22.0 Å². The SMILES string of the molecule is Cc1csc(C2CCCN2C(=O)c2cc(NS(C)(=O)=O)nc(-c3nnc([C@](C)(N)Cc4ccccc4)o3)c2)n1. The first-order chi connectivity index (χ1) is 18.5. The molecule has 0 spiro atoms. The van der Waals surface area contributed by atoms with Crippen LogP contribution in [0.25, 0.3) is 11.6 Å². The zero-order chi connectivity index (χ0) is 27.8. The molecule has 1 unspecified atom stereocenters. The molecule has 5 rings (SSSR count). The van der Waals surface area contributed by atoms with E-state index in [4.69, 9.17) is 10.2 Å². The molecule has 1 saturated heterocycles. The van der Waals surface area contributed by atoms with E-state index in [-0.39, 0.29) is 40.8 Å². The number of carbonyl (C=O) groups is 1. The Morgan fingerprint density at radius 1 is 1.23 bits per heavy atom. The van der Waals surface area contributed by atoms with Crippen molar-refractivity contribution < 1.29 is 17.6 Å². The number of likely N-dealkylation sites (tertiary alicyclic amines) is 1. The lowest BCUT2D eigenvalue weighted by Crippen LogP contribution is -2.35. The van der Waals surface area contributed by atoms with Crippen molar-refractivity contribution in [3.63, 3.8) is 0 Å². The fraction of sp³-hybridized carbons (Fsp3) is 0.346. The minimum Gasteiger partial charge on any atom is -0.417 e. The van der Waals surface area contributed by atoms with Gasteiger partial charge >= 0.3 is 0 Å². The average Bonchev–Trinajstić information content (AvgIpc) is 3.63. The second-order valence-electron chi connectivity index (χ2n) is 9.98. The molecule has 1 aromatic carbocycles. The van der Waals surface area contributed by atoms with Crippen molar-refractivity contribution in [2.45, 2.75) is 44.7 Å². The molecule has 204 valence electrons. The maximum atomic E-state index is 13.7. The lowest BCUT2D eigenvalue weighted by molar-refractivity contribution is 0.0735. The Balaban J connectivity index is 1.48. The number of sulfonamides is 1. The van der Waals surface area contributed by atoms with Gasteiger partial charge in [0.15, 0.2) is 0 Å². The minimum absolute atomic E-state index is 0.0226. The zero-order valence-corrected chi connectivity index (χ0v) is 23.4. The molecule has 13 heteroatoms. The van der Waals surface area contributed by atoms with E-state index in [2.05, 4.69) is 24.9 Å². The van der Waals surface area contributed by atoms with Gasteiger partial charge in [-0.2, -0.15) is 0 Å². The third-order valence-corrected chi connectivity index (χ3v) is 7.99. The molecule has 1 aliphatic rings. The van der Waals surface area contributed by atoms with Crippen LogP contribution < -0.4 is 10.5 Å². The van der Waals surface area contributed by atoms with Gasteiger partial charge in [0.2, 0.25) is 15.9 Å². The number of aromatic nitrogens is 4. The van der Waals surface area contributed by atoms with Crippen molar-refractivity contribution in [1.29, 1.82) is 0 Å². The Bertz CT molecular complexity index is 1600. The number of amides is 1. The van der Waals surface area contributed by atoms with E-state index in [0.29, 0.717) is 13.0 Å². The van der Waals surface area contributed by atoms with Gasteiger partial charge in [0.25, 0.3) is 11.8 Å². The number of hydrogen-bond donors (Lipinski definition) is 2. The van der Waals surface area contributed by atoms with Crippen molar-refractivity contribution in [2.24, 2.45) is 5.73 Å². The van der Waals surface area contributed by atoms with Crippen LogP contribution in [0.5, 0.6) is 0 Å². The number of nitrogens with zero attached hydrogens (tertiary/aromatic N) is 5. The zero-order valence-electron chi connectivity index (χ0n) is 21.8. The van der Waals surface area contributed by atoms with Crippen LogP contribution in [0.1, 0.15) is 58.3 Å². The van der Waals surface area contributed by atoms with Crippen LogP contribution in [0.4, 0.5) is 5.82 Å². The number of rotatable bonds is 8. The summed E-state index contributed by atoms with van der Waals surface area (Å²) in [7, 11) is -3.67. The van der Waals surface area contributed by atoms with Gasteiger partial charge in [0.1, 0.15) is 16.5 Å². The molecule has 2 atom stereocenters. The lowest BCUT2D eigenvalue weighted by Gasteiger charge is -2.23. The van der Waals surface area contributed by atoms with Gasteiger partial charge in [0, 0.05) is 23.2 Å². The molecule has 4 heterocycles. The maximum absolute atomic E-state index is 13.7. The van der Waals surface area contributed by atoms with Gasteiger partial charge < -0.3 is 15.1 Å². The van der Waals surface area contributed by atoms with Crippen molar-refractivity contribution >= 4 is 33.1 Å². The molecule has 3 N–H and O–H groups in total.